The highest BCUT2D eigenvalue weighted by Crippen LogP contribution is 1.98. The summed E-state index contributed by atoms with van der Waals surface area (Å²) in [6.45, 7) is 6.37. The molecule has 0 unspecified atom stereocenters. The van der Waals surface area contributed by atoms with Crippen molar-refractivity contribution in [3.8, 4) is 0 Å². The first-order chi connectivity index (χ1) is 5.22. The second kappa shape index (κ2) is 3.60. The van der Waals surface area contributed by atoms with Crippen molar-refractivity contribution in [1.29, 1.82) is 0 Å². The summed E-state index contributed by atoms with van der Waals surface area (Å²) in [6, 6.07) is 0.527. The van der Waals surface area contributed by atoms with Crippen molar-refractivity contribution < 1.29 is 0 Å². The quantitative estimate of drug-likeness (QED) is 0.603. The average Bonchev–Trinajstić information content (AvgIpc) is 2.05. The molecule has 1 N–H and O–H groups in total. The van der Waals surface area contributed by atoms with Crippen LogP contribution in [0.3, 0.4) is 0 Å². The van der Waals surface area contributed by atoms with Crippen molar-refractivity contribution in [2.45, 2.75) is 26.3 Å². The smallest absolute Gasteiger partial charge is 0.193 e. The number of aliphatic imine (C=N–C) groups is 1. The summed E-state index contributed by atoms with van der Waals surface area (Å²) in [7, 11) is 2.07. The van der Waals surface area contributed by atoms with Crippen LogP contribution in [0.2, 0.25) is 0 Å². The van der Waals surface area contributed by atoms with Crippen LogP contribution in [0.25, 0.3) is 0 Å². The monoisotopic (exact) mass is 155 g/mol. The zero-order valence-electron chi connectivity index (χ0n) is 7.59. The fourth-order valence-electron chi connectivity index (χ4n) is 1.00. The van der Waals surface area contributed by atoms with Gasteiger partial charge in [-0.05, 0) is 20.3 Å². The molecule has 0 aromatic rings. The number of guanidine groups is 1. The highest BCUT2D eigenvalue weighted by atomic mass is 15.3. The lowest BCUT2D eigenvalue weighted by Crippen LogP contribution is -2.45. The van der Waals surface area contributed by atoms with Crippen molar-refractivity contribution in [3.63, 3.8) is 0 Å². The summed E-state index contributed by atoms with van der Waals surface area (Å²) in [4.78, 5) is 6.55. The van der Waals surface area contributed by atoms with Gasteiger partial charge < -0.3 is 10.2 Å². The Morgan fingerprint density at radius 1 is 1.55 bits per heavy atom. The lowest BCUT2D eigenvalue weighted by atomic mass is 10.3. The van der Waals surface area contributed by atoms with E-state index in [4.69, 9.17) is 0 Å². The maximum Gasteiger partial charge on any atom is 0.193 e. The molecule has 3 heteroatoms. The first-order valence-electron chi connectivity index (χ1n) is 4.23. The van der Waals surface area contributed by atoms with Crippen molar-refractivity contribution in [2.75, 3.05) is 20.1 Å². The Kier molecular flexibility index (Phi) is 2.74. The highest BCUT2D eigenvalue weighted by Gasteiger charge is 2.10. The van der Waals surface area contributed by atoms with Gasteiger partial charge in [0.15, 0.2) is 5.96 Å². The molecule has 0 radical (unpaired) electrons. The van der Waals surface area contributed by atoms with Crippen molar-refractivity contribution in [1.82, 2.24) is 10.2 Å². The van der Waals surface area contributed by atoms with E-state index in [9.17, 15) is 0 Å². The molecule has 0 saturated carbocycles. The largest absolute Gasteiger partial charge is 0.356 e. The van der Waals surface area contributed by atoms with Crippen LogP contribution in [-0.2, 0) is 0 Å². The van der Waals surface area contributed by atoms with Gasteiger partial charge in [-0.1, -0.05) is 0 Å². The van der Waals surface area contributed by atoms with Gasteiger partial charge in [-0.2, -0.15) is 0 Å². The molecule has 11 heavy (non-hydrogen) atoms. The van der Waals surface area contributed by atoms with Gasteiger partial charge in [0.05, 0.1) is 0 Å². The van der Waals surface area contributed by atoms with E-state index in [0.717, 1.165) is 25.5 Å². The Morgan fingerprint density at radius 2 is 2.27 bits per heavy atom. The van der Waals surface area contributed by atoms with E-state index < -0.39 is 0 Å². The Hall–Kier alpha value is -0.730. The van der Waals surface area contributed by atoms with Gasteiger partial charge in [-0.25, -0.2) is 0 Å². The zero-order chi connectivity index (χ0) is 8.27. The predicted molar refractivity (Wildman–Crippen MR) is 47.8 cm³/mol. The second-order valence-electron chi connectivity index (χ2n) is 3.19. The molecule has 1 aliphatic rings. The number of nitrogens with zero attached hydrogens (tertiary/aromatic N) is 2. The number of hydrogen-bond acceptors (Lipinski definition) is 3. The zero-order valence-corrected chi connectivity index (χ0v) is 7.59. The van der Waals surface area contributed by atoms with Crippen LogP contribution in [0.5, 0.6) is 0 Å². The van der Waals surface area contributed by atoms with Crippen LogP contribution in [0.15, 0.2) is 4.99 Å². The summed E-state index contributed by atoms with van der Waals surface area (Å²) in [6.07, 6.45) is 1.16. The lowest BCUT2D eigenvalue weighted by molar-refractivity contribution is 0.395. The molecule has 64 valence electrons. The minimum absolute atomic E-state index is 0.527. The Bertz CT molecular complexity index is 151. The fourth-order valence-corrected chi connectivity index (χ4v) is 1.00. The van der Waals surface area contributed by atoms with Gasteiger partial charge in [-0.3, -0.25) is 4.99 Å². The van der Waals surface area contributed by atoms with Crippen LogP contribution in [0.4, 0.5) is 0 Å². The normalized spacial score (nSPS) is 17.6. The molecule has 0 atom stereocenters. The first kappa shape index (κ1) is 8.37. The second-order valence-corrected chi connectivity index (χ2v) is 3.19. The summed E-state index contributed by atoms with van der Waals surface area (Å²) in [5, 5.41) is 3.28. The van der Waals surface area contributed by atoms with Gasteiger partial charge in [-0.15, -0.1) is 0 Å². The average molecular weight is 155 g/mol. The number of rotatable bonds is 1. The third-order valence-corrected chi connectivity index (χ3v) is 1.99. The Morgan fingerprint density at radius 3 is 2.73 bits per heavy atom. The molecule has 0 bridgehead atoms. The maximum atomic E-state index is 4.38. The minimum atomic E-state index is 0.527. The first-order valence-corrected chi connectivity index (χ1v) is 4.23. The van der Waals surface area contributed by atoms with Gasteiger partial charge in [0.25, 0.3) is 0 Å². The number of hydrogen-bond donors (Lipinski definition) is 1. The molecule has 0 spiro atoms. The van der Waals surface area contributed by atoms with Crippen LogP contribution in [-0.4, -0.2) is 37.0 Å². The highest BCUT2D eigenvalue weighted by molar-refractivity contribution is 5.80. The number of nitrogens with one attached hydrogen (secondary N) is 1. The predicted octanol–water partition coefficient (Wildman–Crippen LogP) is 0.676. The molecular weight excluding hydrogens is 138 g/mol. The molecule has 0 saturated heterocycles. The maximum absolute atomic E-state index is 4.38. The topological polar surface area (TPSA) is 27.6 Å². The fraction of sp³-hybridized carbons (Fsp3) is 0.875. The van der Waals surface area contributed by atoms with Gasteiger partial charge in [0.1, 0.15) is 0 Å². The molecule has 0 aromatic heterocycles. The van der Waals surface area contributed by atoms with Gasteiger partial charge in [0, 0.05) is 26.2 Å². The molecule has 1 aliphatic heterocycles. The third-order valence-electron chi connectivity index (χ3n) is 1.99. The van der Waals surface area contributed by atoms with Crippen LogP contribution in [0, 0.1) is 0 Å². The summed E-state index contributed by atoms with van der Waals surface area (Å²) in [5.74, 6) is 1.05. The van der Waals surface area contributed by atoms with Crippen molar-refractivity contribution >= 4 is 5.96 Å². The molecule has 1 heterocycles. The molecule has 0 aliphatic carbocycles. The third kappa shape index (κ3) is 2.10. The Balaban J connectivity index is 2.51. The van der Waals surface area contributed by atoms with Crippen LogP contribution >= 0.6 is 0 Å². The van der Waals surface area contributed by atoms with E-state index in [1.807, 2.05) is 0 Å². The lowest BCUT2D eigenvalue weighted by Gasteiger charge is -2.27. The van der Waals surface area contributed by atoms with E-state index >= 15 is 0 Å². The SMILES string of the molecule is CC(C)N(C)C1=NCCCN1. The van der Waals surface area contributed by atoms with E-state index in [2.05, 4.69) is 36.1 Å². The van der Waals surface area contributed by atoms with E-state index in [-0.39, 0.29) is 0 Å². The molecule has 3 nitrogen and oxygen atoms in total. The van der Waals surface area contributed by atoms with Crippen molar-refractivity contribution in [3.05, 3.63) is 0 Å². The van der Waals surface area contributed by atoms with Gasteiger partial charge >= 0.3 is 0 Å². The summed E-state index contributed by atoms with van der Waals surface area (Å²) < 4.78 is 0. The van der Waals surface area contributed by atoms with Crippen LogP contribution < -0.4 is 5.32 Å². The summed E-state index contributed by atoms with van der Waals surface area (Å²) >= 11 is 0. The van der Waals surface area contributed by atoms with Crippen LogP contribution in [0.1, 0.15) is 20.3 Å². The van der Waals surface area contributed by atoms with Gasteiger partial charge in [0.2, 0.25) is 0 Å². The van der Waals surface area contributed by atoms with E-state index in [1.165, 1.54) is 0 Å². The Labute approximate surface area is 68.5 Å². The minimum Gasteiger partial charge on any atom is -0.356 e. The van der Waals surface area contributed by atoms with E-state index in [0.29, 0.717) is 6.04 Å². The molecular formula is C8H17N3. The van der Waals surface area contributed by atoms with Crippen molar-refractivity contribution in [2.24, 2.45) is 4.99 Å². The molecule has 1 rings (SSSR count). The standard InChI is InChI=1S/C8H17N3/c1-7(2)11(3)8-9-5-4-6-10-8/h7H,4-6H2,1-3H3,(H,9,10). The molecule has 0 aromatic carbocycles. The summed E-state index contributed by atoms with van der Waals surface area (Å²) in [5.41, 5.74) is 0. The van der Waals surface area contributed by atoms with E-state index in [1.54, 1.807) is 0 Å². The molecule has 0 amide bonds. The molecule has 0 fully saturated rings.